The number of hydrogen-bond donors (Lipinski definition) is 2. The molecule has 2 N–H and O–H groups in total. The van der Waals surface area contributed by atoms with E-state index in [9.17, 15) is 0 Å². The number of H-pyrrole nitrogens is 2. The summed E-state index contributed by atoms with van der Waals surface area (Å²) >= 11 is 1.67. The van der Waals surface area contributed by atoms with Crippen LogP contribution in [0, 0.1) is 0 Å². The average molecular weight is 493 g/mol. The molecule has 1 fully saturated rings. The zero-order valence-corrected chi connectivity index (χ0v) is 20.4. The maximum absolute atomic E-state index is 4.99. The molecule has 0 saturated carbocycles. The van der Waals surface area contributed by atoms with E-state index in [2.05, 4.69) is 52.9 Å². The Balaban J connectivity index is 1.26. The van der Waals surface area contributed by atoms with Gasteiger partial charge in [0.25, 0.3) is 0 Å². The molecule has 1 aliphatic heterocycles. The molecule has 0 aliphatic carbocycles. The van der Waals surface area contributed by atoms with Crippen molar-refractivity contribution in [1.82, 2.24) is 40.0 Å². The van der Waals surface area contributed by atoms with Crippen LogP contribution in [0.2, 0.25) is 0 Å². The first-order valence-electron chi connectivity index (χ1n) is 12.2. The molecule has 0 unspecified atom stereocenters. The van der Waals surface area contributed by atoms with E-state index in [-0.39, 0.29) is 0 Å². The maximum Gasteiger partial charge on any atom is 0.178 e. The molecule has 7 rings (SSSR count). The number of fused-ring (bicyclic) bond motifs is 2. The quantitative estimate of drug-likeness (QED) is 0.322. The van der Waals surface area contributed by atoms with E-state index in [0.717, 1.165) is 58.6 Å². The third-order valence-corrected chi connectivity index (χ3v) is 7.49. The van der Waals surface area contributed by atoms with Crippen molar-refractivity contribution in [2.75, 3.05) is 13.1 Å². The number of nitrogens with zero attached hydrogens (tertiary/aromatic N) is 6. The standard InChI is InChI=1S/C27H24N8S/c1-2-9-35(10-3-1)15-17-12-19(14-28-13-17)21-4-5-22-24(30-21)25(34-33-22)27-31-23-20(18-7-11-36-16-18)6-8-29-26(23)32-27/h4-8,11-14,16H,1-3,9-10,15H2,(H,33,34)(H,29,31,32). The zero-order valence-electron chi connectivity index (χ0n) is 19.6. The number of nitrogens with one attached hydrogen (secondary N) is 2. The van der Waals surface area contributed by atoms with E-state index in [1.807, 2.05) is 30.6 Å². The topological polar surface area (TPSA) is 99.3 Å². The van der Waals surface area contributed by atoms with Crippen LogP contribution in [0.4, 0.5) is 0 Å². The summed E-state index contributed by atoms with van der Waals surface area (Å²) in [7, 11) is 0. The number of pyridine rings is 3. The molecule has 0 bridgehead atoms. The van der Waals surface area contributed by atoms with E-state index in [1.165, 1.54) is 24.8 Å². The minimum absolute atomic E-state index is 0.646. The molecule has 6 aromatic rings. The van der Waals surface area contributed by atoms with Crippen molar-refractivity contribution in [3.8, 4) is 33.9 Å². The minimum Gasteiger partial charge on any atom is -0.335 e. The lowest BCUT2D eigenvalue weighted by Crippen LogP contribution is -2.29. The van der Waals surface area contributed by atoms with Crippen molar-refractivity contribution in [2.45, 2.75) is 25.8 Å². The van der Waals surface area contributed by atoms with Crippen molar-refractivity contribution < 1.29 is 0 Å². The second-order valence-electron chi connectivity index (χ2n) is 9.24. The highest BCUT2D eigenvalue weighted by Crippen LogP contribution is 2.32. The van der Waals surface area contributed by atoms with Gasteiger partial charge in [-0.05, 0) is 78.2 Å². The Hall–Kier alpha value is -3.95. The Morgan fingerprint density at radius 1 is 0.972 bits per heavy atom. The predicted molar refractivity (Wildman–Crippen MR) is 142 cm³/mol. The second-order valence-corrected chi connectivity index (χ2v) is 10.0. The molecule has 0 radical (unpaired) electrons. The highest BCUT2D eigenvalue weighted by Gasteiger charge is 2.18. The molecular weight excluding hydrogens is 468 g/mol. The Kier molecular flexibility index (Phi) is 5.29. The average Bonchev–Trinajstić information content (AvgIpc) is 3.68. The van der Waals surface area contributed by atoms with E-state index >= 15 is 0 Å². The summed E-state index contributed by atoms with van der Waals surface area (Å²) in [6, 6.07) is 10.3. The Labute approximate surface area is 211 Å². The summed E-state index contributed by atoms with van der Waals surface area (Å²) in [5.74, 6) is 0.646. The fourth-order valence-electron chi connectivity index (χ4n) is 5.00. The van der Waals surface area contributed by atoms with Crippen LogP contribution in [0.3, 0.4) is 0 Å². The molecule has 1 saturated heterocycles. The van der Waals surface area contributed by atoms with Crippen LogP contribution in [-0.4, -0.2) is 53.1 Å². The van der Waals surface area contributed by atoms with Crippen LogP contribution < -0.4 is 0 Å². The molecule has 0 amide bonds. The Morgan fingerprint density at radius 3 is 2.81 bits per heavy atom. The molecule has 1 aliphatic rings. The Bertz CT molecular complexity index is 1660. The van der Waals surface area contributed by atoms with Crippen LogP contribution in [0.15, 0.2) is 59.7 Å². The van der Waals surface area contributed by atoms with Gasteiger partial charge in [-0.25, -0.2) is 15.0 Å². The SMILES string of the molecule is c1cc(-c2ccsc2)c2[nH]c(-c3n[nH]c4ccc(-c5cncc(CN6CCCCC6)c5)nc34)nc2n1. The zero-order chi connectivity index (χ0) is 23.9. The van der Waals surface area contributed by atoms with Gasteiger partial charge in [-0.15, -0.1) is 0 Å². The van der Waals surface area contributed by atoms with Gasteiger partial charge in [-0.2, -0.15) is 16.4 Å². The lowest BCUT2D eigenvalue weighted by Gasteiger charge is -2.26. The number of aromatic amines is 2. The van der Waals surface area contributed by atoms with Crippen LogP contribution in [0.25, 0.3) is 56.1 Å². The van der Waals surface area contributed by atoms with Gasteiger partial charge in [-0.1, -0.05) is 6.42 Å². The van der Waals surface area contributed by atoms with Crippen LogP contribution in [0.1, 0.15) is 24.8 Å². The third kappa shape index (κ3) is 3.86. The van der Waals surface area contributed by atoms with Crippen LogP contribution in [-0.2, 0) is 6.54 Å². The van der Waals surface area contributed by atoms with E-state index in [1.54, 1.807) is 17.5 Å². The molecule has 8 nitrogen and oxygen atoms in total. The first-order chi connectivity index (χ1) is 17.8. The highest BCUT2D eigenvalue weighted by atomic mass is 32.1. The van der Waals surface area contributed by atoms with Gasteiger partial charge in [0.15, 0.2) is 17.2 Å². The lowest BCUT2D eigenvalue weighted by molar-refractivity contribution is 0.220. The molecule has 0 aromatic carbocycles. The normalized spacial score (nSPS) is 14.7. The molecule has 9 heteroatoms. The fraction of sp³-hybridized carbons (Fsp3) is 0.222. The summed E-state index contributed by atoms with van der Waals surface area (Å²) in [5, 5.41) is 11.9. The summed E-state index contributed by atoms with van der Waals surface area (Å²) in [6.07, 6.45) is 9.53. The fourth-order valence-corrected chi connectivity index (χ4v) is 5.65. The largest absolute Gasteiger partial charge is 0.335 e. The molecule has 178 valence electrons. The summed E-state index contributed by atoms with van der Waals surface area (Å²) < 4.78 is 0. The van der Waals surface area contributed by atoms with Crippen molar-refractivity contribution >= 4 is 33.5 Å². The highest BCUT2D eigenvalue weighted by molar-refractivity contribution is 7.08. The summed E-state index contributed by atoms with van der Waals surface area (Å²) in [6.45, 7) is 3.25. The van der Waals surface area contributed by atoms with Crippen LogP contribution >= 0.6 is 11.3 Å². The monoisotopic (exact) mass is 492 g/mol. The van der Waals surface area contributed by atoms with Gasteiger partial charge in [0, 0.05) is 36.3 Å². The molecule has 7 heterocycles. The van der Waals surface area contributed by atoms with Gasteiger partial charge in [0.05, 0.1) is 16.7 Å². The summed E-state index contributed by atoms with van der Waals surface area (Å²) in [4.78, 5) is 24.7. The number of rotatable bonds is 5. The van der Waals surface area contributed by atoms with Crippen molar-refractivity contribution in [3.05, 3.63) is 65.2 Å². The number of aromatic nitrogens is 7. The van der Waals surface area contributed by atoms with E-state index in [0.29, 0.717) is 17.2 Å². The van der Waals surface area contributed by atoms with Crippen LogP contribution in [0.5, 0.6) is 0 Å². The maximum atomic E-state index is 4.99. The number of imidazole rings is 1. The van der Waals surface area contributed by atoms with Gasteiger partial charge in [0.2, 0.25) is 0 Å². The number of hydrogen-bond acceptors (Lipinski definition) is 7. The predicted octanol–water partition coefficient (Wildman–Crippen LogP) is 5.67. The van der Waals surface area contributed by atoms with Crippen molar-refractivity contribution in [1.29, 1.82) is 0 Å². The first kappa shape index (κ1) is 21.3. The van der Waals surface area contributed by atoms with Gasteiger partial charge >= 0.3 is 0 Å². The molecule has 36 heavy (non-hydrogen) atoms. The molecule has 0 atom stereocenters. The van der Waals surface area contributed by atoms with Gasteiger partial charge in [-0.3, -0.25) is 15.0 Å². The van der Waals surface area contributed by atoms with E-state index < -0.39 is 0 Å². The molecular formula is C27H24N8S. The first-order valence-corrected chi connectivity index (χ1v) is 13.2. The second kappa shape index (κ2) is 8.92. The summed E-state index contributed by atoms with van der Waals surface area (Å²) in [5.41, 5.74) is 9.17. The van der Waals surface area contributed by atoms with Crippen molar-refractivity contribution in [2.24, 2.45) is 0 Å². The smallest absolute Gasteiger partial charge is 0.178 e. The number of thiophene rings is 1. The van der Waals surface area contributed by atoms with Gasteiger partial charge < -0.3 is 4.98 Å². The van der Waals surface area contributed by atoms with Crippen molar-refractivity contribution in [3.63, 3.8) is 0 Å². The minimum atomic E-state index is 0.646. The number of piperidine rings is 1. The number of likely N-dealkylation sites (tertiary alicyclic amines) is 1. The third-order valence-electron chi connectivity index (χ3n) is 6.80. The van der Waals surface area contributed by atoms with E-state index in [4.69, 9.17) is 9.97 Å². The lowest BCUT2D eigenvalue weighted by atomic mass is 10.1. The van der Waals surface area contributed by atoms with Gasteiger partial charge in [0.1, 0.15) is 5.52 Å². The molecule has 6 aromatic heterocycles. The molecule has 0 spiro atoms. The Morgan fingerprint density at radius 2 is 1.92 bits per heavy atom.